The molecular weight excluding hydrogens is 339 g/mol. The molecule has 1 aromatic heterocycles. The molecule has 0 aliphatic heterocycles. The first-order chi connectivity index (χ1) is 11.7. The Bertz CT molecular complexity index is 1000. The van der Waals surface area contributed by atoms with Gasteiger partial charge in [-0.15, -0.1) is 11.6 Å². The van der Waals surface area contributed by atoms with Gasteiger partial charge in [-0.3, -0.25) is 0 Å². The molecule has 0 aliphatic rings. The molecule has 0 unspecified atom stereocenters. The molecule has 0 amide bonds. The fourth-order valence-electron chi connectivity index (χ4n) is 2.83. The number of halogens is 2. The average Bonchev–Trinajstić information content (AvgIpc) is 3.06. The minimum absolute atomic E-state index is 0.376. The molecule has 2 nitrogen and oxygen atoms in total. The second kappa shape index (κ2) is 6.31. The number of aromatic nitrogens is 2. The van der Waals surface area contributed by atoms with Crippen LogP contribution < -0.4 is 0 Å². The molecule has 0 radical (unpaired) electrons. The maximum absolute atomic E-state index is 6.01. The molecule has 0 saturated carbocycles. The minimum Gasteiger partial charge on any atom is -0.233 e. The van der Waals surface area contributed by atoms with E-state index in [1.807, 2.05) is 47.1 Å². The average molecular weight is 353 g/mol. The van der Waals surface area contributed by atoms with E-state index in [1.165, 1.54) is 10.8 Å². The lowest BCUT2D eigenvalue weighted by molar-refractivity contribution is 0.865. The van der Waals surface area contributed by atoms with Gasteiger partial charge in [-0.25, -0.2) is 4.68 Å². The van der Waals surface area contributed by atoms with Gasteiger partial charge in [0.1, 0.15) is 0 Å². The standard InChI is InChI=1S/C20H14Cl2N2/c21-13-18-12-20(24(23-18)19-9-7-17(22)8-10-19)16-6-5-14-3-1-2-4-15(14)11-16/h1-12H,13H2. The molecule has 0 bridgehead atoms. The van der Waals surface area contributed by atoms with Crippen LogP contribution >= 0.6 is 23.2 Å². The van der Waals surface area contributed by atoms with Gasteiger partial charge in [-0.05, 0) is 47.2 Å². The van der Waals surface area contributed by atoms with Crippen LogP contribution in [0.2, 0.25) is 5.02 Å². The maximum Gasteiger partial charge on any atom is 0.0783 e. The SMILES string of the molecule is ClCc1cc(-c2ccc3ccccc3c2)n(-c2ccc(Cl)cc2)n1. The summed E-state index contributed by atoms with van der Waals surface area (Å²) in [6, 6.07) is 24.4. The van der Waals surface area contributed by atoms with Crippen molar-refractivity contribution >= 4 is 34.0 Å². The van der Waals surface area contributed by atoms with E-state index in [9.17, 15) is 0 Å². The summed E-state index contributed by atoms with van der Waals surface area (Å²) in [5.74, 6) is 0.376. The van der Waals surface area contributed by atoms with Crippen molar-refractivity contribution in [3.63, 3.8) is 0 Å². The Morgan fingerprint density at radius 2 is 1.58 bits per heavy atom. The second-order valence-electron chi connectivity index (χ2n) is 5.60. The van der Waals surface area contributed by atoms with E-state index in [-0.39, 0.29) is 0 Å². The van der Waals surface area contributed by atoms with Crippen molar-refractivity contribution in [1.82, 2.24) is 9.78 Å². The summed E-state index contributed by atoms with van der Waals surface area (Å²) in [5, 5.41) is 7.75. The topological polar surface area (TPSA) is 17.8 Å². The lowest BCUT2D eigenvalue weighted by atomic mass is 10.0. The number of hydrogen-bond donors (Lipinski definition) is 0. The Morgan fingerprint density at radius 3 is 2.33 bits per heavy atom. The lowest BCUT2D eigenvalue weighted by Crippen LogP contribution is -1.99. The van der Waals surface area contributed by atoms with Crippen molar-refractivity contribution in [2.45, 2.75) is 5.88 Å². The van der Waals surface area contributed by atoms with Gasteiger partial charge in [-0.1, -0.05) is 48.0 Å². The van der Waals surface area contributed by atoms with Gasteiger partial charge >= 0.3 is 0 Å². The molecule has 24 heavy (non-hydrogen) atoms. The van der Waals surface area contributed by atoms with Crippen molar-refractivity contribution in [2.24, 2.45) is 0 Å². The zero-order chi connectivity index (χ0) is 16.5. The van der Waals surface area contributed by atoms with Crippen LogP contribution in [0.1, 0.15) is 5.69 Å². The van der Waals surface area contributed by atoms with Crippen LogP contribution in [0.15, 0.2) is 72.8 Å². The predicted octanol–water partition coefficient (Wildman–Crippen LogP) is 6.08. The van der Waals surface area contributed by atoms with E-state index < -0.39 is 0 Å². The van der Waals surface area contributed by atoms with E-state index in [4.69, 9.17) is 23.2 Å². The monoisotopic (exact) mass is 352 g/mol. The molecule has 0 saturated heterocycles. The number of rotatable bonds is 3. The highest BCUT2D eigenvalue weighted by Gasteiger charge is 2.12. The number of benzene rings is 3. The number of alkyl halides is 1. The molecule has 4 rings (SSSR count). The summed E-state index contributed by atoms with van der Waals surface area (Å²) in [4.78, 5) is 0. The van der Waals surface area contributed by atoms with Gasteiger partial charge in [-0.2, -0.15) is 5.10 Å². The van der Waals surface area contributed by atoms with Crippen molar-refractivity contribution in [2.75, 3.05) is 0 Å². The third-order valence-electron chi connectivity index (χ3n) is 4.01. The molecule has 4 aromatic rings. The highest BCUT2D eigenvalue weighted by molar-refractivity contribution is 6.30. The van der Waals surface area contributed by atoms with Crippen molar-refractivity contribution in [1.29, 1.82) is 0 Å². The largest absolute Gasteiger partial charge is 0.233 e. The molecule has 118 valence electrons. The van der Waals surface area contributed by atoms with Crippen molar-refractivity contribution in [3.05, 3.63) is 83.5 Å². The summed E-state index contributed by atoms with van der Waals surface area (Å²) < 4.78 is 1.91. The minimum atomic E-state index is 0.376. The van der Waals surface area contributed by atoms with Gasteiger partial charge in [0.15, 0.2) is 0 Å². The zero-order valence-electron chi connectivity index (χ0n) is 12.8. The van der Waals surface area contributed by atoms with Crippen LogP contribution in [-0.2, 0) is 5.88 Å². The summed E-state index contributed by atoms with van der Waals surface area (Å²) in [7, 11) is 0. The molecule has 0 N–H and O–H groups in total. The van der Waals surface area contributed by atoms with Crippen molar-refractivity contribution < 1.29 is 0 Å². The molecule has 0 spiro atoms. The van der Waals surface area contributed by atoms with E-state index in [1.54, 1.807) is 0 Å². The predicted molar refractivity (Wildman–Crippen MR) is 101 cm³/mol. The number of nitrogens with zero attached hydrogens (tertiary/aromatic N) is 2. The van der Waals surface area contributed by atoms with Gasteiger partial charge in [0.25, 0.3) is 0 Å². The van der Waals surface area contributed by atoms with E-state index in [0.717, 1.165) is 22.6 Å². The fourth-order valence-corrected chi connectivity index (χ4v) is 3.09. The first-order valence-electron chi connectivity index (χ1n) is 7.64. The molecule has 0 atom stereocenters. The van der Waals surface area contributed by atoms with Gasteiger partial charge in [0.05, 0.1) is 23.0 Å². The zero-order valence-corrected chi connectivity index (χ0v) is 14.3. The second-order valence-corrected chi connectivity index (χ2v) is 6.31. The van der Waals surface area contributed by atoms with Crippen LogP contribution in [0.25, 0.3) is 27.7 Å². The Labute approximate surface area is 150 Å². The third kappa shape index (κ3) is 2.79. The fraction of sp³-hybridized carbons (Fsp3) is 0.0500. The van der Waals surface area contributed by atoms with Crippen LogP contribution in [0.5, 0.6) is 0 Å². The maximum atomic E-state index is 6.01. The molecular formula is C20H14Cl2N2. The van der Waals surface area contributed by atoms with E-state index >= 15 is 0 Å². The summed E-state index contributed by atoms with van der Waals surface area (Å²) in [6.07, 6.45) is 0. The quantitative estimate of drug-likeness (QED) is 0.408. The Balaban J connectivity index is 1.89. The highest BCUT2D eigenvalue weighted by atomic mass is 35.5. The van der Waals surface area contributed by atoms with Crippen LogP contribution in [0.4, 0.5) is 0 Å². The van der Waals surface area contributed by atoms with E-state index in [2.05, 4.69) is 35.4 Å². The Hall–Kier alpha value is -2.29. The first-order valence-corrected chi connectivity index (χ1v) is 8.56. The Kier molecular flexibility index (Phi) is 4.01. The molecule has 1 heterocycles. The third-order valence-corrected chi connectivity index (χ3v) is 4.54. The van der Waals surface area contributed by atoms with Crippen LogP contribution in [0.3, 0.4) is 0 Å². The summed E-state index contributed by atoms with van der Waals surface area (Å²) in [6.45, 7) is 0. The summed E-state index contributed by atoms with van der Waals surface area (Å²) in [5.41, 5.74) is 3.92. The van der Waals surface area contributed by atoms with Gasteiger partial charge in [0.2, 0.25) is 0 Å². The smallest absolute Gasteiger partial charge is 0.0783 e. The van der Waals surface area contributed by atoms with Crippen LogP contribution in [0, 0.1) is 0 Å². The molecule has 3 aromatic carbocycles. The molecule has 4 heteroatoms. The number of hydrogen-bond acceptors (Lipinski definition) is 1. The highest BCUT2D eigenvalue weighted by Crippen LogP contribution is 2.28. The van der Waals surface area contributed by atoms with E-state index in [0.29, 0.717) is 10.9 Å². The first kappa shape index (κ1) is 15.3. The summed E-state index contributed by atoms with van der Waals surface area (Å²) >= 11 is 12.0. The van der Waals surface area contributed by atoms with Gasteiger partial charge in [0, 0.05) is 10.6 Å². The molecule has 0 aliphatic carbocycles. The molecule has 0 fully saturated rings. The lowest BCUT2D eigenvalue weighted by Gasteiger charge is -2.09. The van der Waals surface area contributed by atoms with Crippen molar-refractivity contribution in [3.8, 4) is 16.9 Å². The van der Waals surface area contributed by atoms with Crippen LogP contribution in [-0.4, -0.2) is 9.78 Å². The van der Waals surface area contributed by atoms with Gasteiger partial charge < -0.3 is 0 Å². The Morgan fingerprint density at radius 1 is 0.833 bits per heavy atom. The number of fused-ring (bicyclic) bond motifs is 1. The normalized spacial score (nSPS) is 11.1.